The molecule has 0 aliphatic carbocycles. The molecule has 1 saturated heterocycles. The van der Waals surface area contributed by atoms with Crippen molar-refractivity contribution in [2.75, 3.05) is 45.3 Å². The molecule has 1 aliphatic heterocycles. The van der Waals surface area contributed by atoms with Gasteiger partial charge in [0.05, 0.1) is 24.7 Å². The van der Waals surface area contributed by atoms with Crippen LogP contribution in [-0.2, 0) is 10.0 Å². The molecule has 11 nitrogen and oxygen atoms in total. The minimum Gasteiger partial charge on any atom is -0.493 e. The van der Waals surface area contributed by atoms with Crippen molar-refractivity contribution in [2.45, 2.75) is 11.3 Å². The molecule has 1 fully saturated rings. The molecule has 0 bridgehead atoms. The van der Waals surface area contributed by atoms with E-state index in [1.165, 1.54) is 22.8 Å². The zero-order valence-electron chi connectivity index (χ0n) is 20.4. The van der Waals surface area contributed by atoms with E-state index in [9.17, 15) is 13.7 Å². The summed E-state index contributed by atoms with van der Waals surface area (Å²) in [5, 5.41) is 13.8. The minimum absolute atomic E-state index is 0.0274. The van der Waals surface area contributed by atoms with Crippen LogP contribution in [0.2, 0.25) is 0 Å². The lowest BCUT2D eigenvalue weighted by molar-refractivity contribution is 0.355. The monoisotopic (exact) mass is 519 g/mol. The summed E-state index contributed by atoms with van der Waals surface area (Å²) in [7, 11) is -0.677. The molecule has 0 N–H and O–H groups in total. The number of rotatable bonds is 6. The highest BCUT2D eigenvalue weighted by Crippen LogP contribution is 2.37. The maximum Gasteiger partial charge on any atom is 0.254 e. The number of fused-ring (bicyclic) bond motifs is 1. The first-order valence-electron chi connectivity index (χ1n) is 11.6. The van der Waals surface area contributed by atoms with Crippen molar-refractivity contribution in [1.82, 2.24) is 23.9 Å². The van der Waals surface area contributed by atoms with E-state index < -0.39 is 10.0 Å². The van der Waals surface area contributed by atoms with Crippen molar-refractivity contribution in [3.8, 4) is 28.7 Å². The molecule has 0 spiro atoms. The van der Waals surface area contributed by atoms with E-state index in [0.717, 1.165) is 16.9 Å². The molecular formula is C25H25N7O4S. The van der Waals surface area contributed by atoms with Crippen LogP contribution < -0.4 is 14.4 Å². The number of nitriles is 1. The summed E-state index contributed by atoms with van der Waals surface area (Å²) in [4.78, 5) is 10.8. The van der Waals surface area contributed by atoms with Gasteiger partial charge in [0, 0.05) is 37.9 Å². The second-order valence-corrected chi connectivity index (χ2v) is 10.3. The average molecular weight is 520 g/mol. The van der Waals surface area contributed by atoms with E-state index in [-0.39, 0.29) is 17.0 Å². The number of sulfonamides is 1. The Morgan fingerprint density at radius 3 is 2.57 bits per heavy atom. The lowest BCUT2D eigenvalue weighted by Gasteiger charge is -2.26. The van der Waals surface area contributed by atoms with Gasteiger partial charge in [0.1, 0.15) is 18.2 Å². The Kier molecular flexibility index (Phi) is 6.64. The summed E-state index contributed by atoms with van der Waals surface area (Å²) in [6.07, 6.45) is 3.76. The standard InChI is InChI=1S/C25H25N7O4S/c1-35-21-9-8-18(14-22(21)36-2)20-16-27-25-28-17-29-32(25)24(20)30-10-5-11-31(13-12-30)37(33,34)23-7-4-3-6-19(23)15-26/h3-4,6-9,14,16-17H,5,10-13H2,1-2H3. The minimum atomic E-state index is -3.84. The molecule has 0 atom stereocenters. The van der Waals surface area contributed by atoms with Crippen LogP contribution in [0.3, 0.4) is 0 Å². The molecule has 0 unspecified atom stereocenters. The molecule has 3 heterocycles. The van der Waals surface area contributed by atoms with Gasteiger partial charge in [-0.1, -0.05) is 18.2 Å². The van der Waals surface area contributed by atoms with Gasteiger partial charge in [-0.3, -0.25) is 0 Å². The van der Waals surface area contributed by atoms with Gasteiger partial charge in [-0.05, 0) is 36.2 Å². The largest absolute Gasteiger partial charge is 0.493 e. The summed E-state index contributed by atoms with van der Waals surface area (Å²) in [5.41, 5.74) is 1.78. The van der Waals surface area contributed by atoms with Crippen molar-refractivity contribution in [3.05, 3.63) is 60.6 Å². The summed E-state index contributed by atoms with van der Waals surface area (Å²) >= 11 is 0. The molecule has 2 aromatic carbocycles. The van der Waals surface area contributed by atoms with Crippen molar-refractivity contribution < 1.29 is 17.9 Å². The van der Waals surface area contributed by atoms with E-state index in [2.05, 4.69) is 20.0 Å². The quantitative estimate of drug-likeness (QED) is 0.378. The Bertz CT molecular complexity index is 1600. The third-order valence-corrected chi connectivity index (χ3v) is 8.31. The topological polar surface area (TPSA) is 126 Å². The first-order chi connectivity index (χ1) is 18.0. The zero-order valence-corrected chi connectivity index (χ0v) is 21.2. The van der Waals surface area contributed by atoms with Crippen LogP contribution in [0.15, 0.2) is 59.9 Å². The Morgan fingerprint density at radius 1 is 0.973 bits per heavy atom. The predicted molar refractivity (Wildman–Crippen MR) is 136 cm³/mol. The number of ether oxygens (including phenoxy) is 2. The van der Waals surface area contributed by atoms with Gasteiger partial charge in [0.2, 0.25) is 10.0 Å². The van der Waals surface area contributed by atoms with Crippen molar-refractivity contribution in [3.63, 3.8) is 0 Å². The molecule has 190 valence electrons. The molecule has 4 aromatic rings. The van der Waals surface area contributed by atoms with Gasteiger partial charge in [0.25, 0.3) is 5.78 Å². The van der Waals surface area contributed by atoms with Crippen molar-refractivity contribution in [1.29, 1.82) is 5.26 Å². The number of nitrogens with zero attached hydrogens (tertiary/aromatic N) is 7. The molecule has 5 rings (SSSR count). The number of anilines is 1. The van der Waals surface area contributed by atoms with E-state index in [1.54, 1.807) is 37.1 Å². The Morgan fingerprint density at radius 2 is 1.78 bits per heavy atom. The van der Waals surface area contributed by atoms with Crippen LogP contribution in [0.25, 0.3) is 16.9 Å². The number of aromatic nitrogens is 4. The summed E-state index contributed by atoms with van der Waals surface area (Å²) in [5.74, 6) is 2.38. The fraction of sp³-hybridized carbons (Fsp3) is 0.280. The Labute approximate surface area is 214 Å². The molecule has 37 heavy (non-hydrogen) atoms. The third-order valence-electron chi connectivity index (χ3n) is 6.35. The van der Waals surface area contributed by atoms with E-state index in [4.69, 9.17) is 9.47 Å². The first kappa shape index (κ1) is 24.5. The molecule has 1 aliphatic rings. The van der Waals surface area contributed by atoms with Gasteiger partial charge in [-0.2, -0.15) is 24.2 Å². The lowest BCUT2D eigenvalue weighted by atomic mass is 10.1. The van der Waals surface area contributed by atoms with Gasteiger partial charge >= 0.3 is 0 Å². The highest BCUT2D eigenvalue weighted by Gasteiger charge is 2.30. The maximum atomic E-state index is 13.4. The van der Waals surface area contributed by atoms with Crippen LogP contribution in [-0.4, -0.2) is 72.7 Å². The van der Waals surface area contributed by atoms with Gasteiger partial charge in [0.15, 0.2) is 11.5 Å². The third kappa shape index (κ3) is 4.43. The number of hydrogen-bond acceptors (Lipinski definition) is 9. The lowest BCUT2D eigenvalue weighted by Crippen LogP contribution is -2.36. The molecule has 0 amide bonds. The summed E-state index contributed by atoms with van der Waals surface area (Å²) < 4.78 is 40.9. The van der Waals surface area contributed by atoms with Crippen molar-refractivity contribution >= 4 is 21.6 Å². The summed E-state index contributed by atoms with van der Waals surface area (Å²) in [6.45, 7) is 1.57. The number of methoxy groups -OCH3 is 2. The number of hydrogen-bond donors (Lipinski definition) is 0. The molecular weight excluding hydrogens is 494 g/mol. The van der Waals surface area contributed by atoms with Crippen LogP contribution in [0.4, 0.5) is 5.82 Å². The Hall–Kier alpha value is -4.21. The van der Waals surface area contributed by atoms with E-state index in [1.807, 2.05) is 24.3 Å². The average Bonchev–Trinajstić information content (AvgIpc) is 3.27. The second-order valence-electron chi connectivity index (χ2n) is 8.39. The fourth-order valence-corrected chi connectivity index (χ4v) is 6.16. The highest BCUT2D eigenvalue weighted by molar-refractivity contribution is 7.89. The van der Waals surface area contributed by atoms with E-state index in [0.29, 0.717) is 43.3 Å². The van der Waals surface area contributed by atoms with E-state index >= 15 is 0 Å². The van der Waals surface area contributed by atoms with Crippen LogP contribution in [0.1, 0.15) is 12.0 Å². The highest BCUT2D eigenvalue weighted by atomic mass is 32.2. The SMILES string of the molecule is COc1ccc(-c2cnc3ncnn3c2N2CCCN(S(=O)(=O)c3ccccc3C#N)CC2)cc1OC. The molecule has 2 aromatic heterocycles. The zero-order chi connectivity index (χ0) is 26.0. The van der Waals surface area contributed by atoms with Gasteiger partial charge < -0.3 is 14.4 Å². The fourth-order valence-electron chi connectivity index (χ4n) is 4.55. The van der Waals surface area contributed by atoms with Crippen LogP contribution in [0.5, 0.6) is 11.5 Å². The predicted octanol–water partition coefficient (Wildman–Crippen LogP) is 2.58. The van der Waals surface area contributed by atoms with Gasteiger partial charge in [-0.15, -0.1) is 0 Å². The Balaban J connectivity index is 1.52. The first-order valence-corrected chi connectivity index (χ1v) is 13.1. The smallest absolute Gasteiger partial charge is 0.254 e. The summed E-state index contributed by atoms with van der Waals surface area (Å²) in [6, 6.07) is 13.9. The maximum absolute atomic E-state index is 13.4. The van der Waals surface area contributed by atoms with Crippen molar-refractivity contribution in [2.24, 2.45) is 0 Å². The van der Waals surface area contributed by atoms with Gasteiger partial charge in [-0.25, -0.2) is 13.4 Å². The molecule has 0 saturated carbocycles. The second kappa shape index (κ2) is 10.0. The van der Waals surface area contributed by atoms with Crippen LogP contribution in [0, 0.1) is 11.3 Å². The molecule has 12 heteroatoms. The number of benzene rings is 2. The normalized spacial score (nSPS) is 14.8. The molecule has 0 radical (unpaired) electrons. The van der Waals surface area contributed by atoms with Crippen LogP contribution >= 0.6 is 0 Å².